The number of nitrogens with zero attached hydrogens (tertiary/aromatic N) is 1. The molecule has 0 heterocycles. The van der Waals surface area contributed by atoms with Gasteiger partial charge < -0.3 is 0 Å². The van der Waals surface area contributed by atoms with Gasteiger partial charge in [0.2, 0.25) is 0 Å². The molecule has 1 saturated carbocycles. The van der Waals surface area contributed by atoms with Crippen LogP contribution in [0.5, 0.6) is 0 Å². The van der Waals surface area contributed by atoms with Crippen molar-refractivity contribution in [3.05, 3.63) is 41.2 Å². The summed E-state index contributed by atoms with van der Waals surface area (Å²) in [4.78, 5) is 16.1. The standard InChI is InChI=1S/C16H19NO3Se/c1-17-13-8-6-12(7-9-13)15(18)21-14-5-4-10-16(11-14,19-2)20-3/h6-9,14H,4-5,10-11H2,2-3H3. The van der Waals surface area contributed by atoms with E-state index in [9.17, 15) is 4.79 Å². The fraction of sp³-hybridized carbons (Fsp3) is 0.500. The quantitative estimate of drug-likeness (QED) is 0.463. The van der Waals surface area contributed by atoms with Crippen LogP contribution in [0.3, 0.4) is 0 Å². The predicted octanol–water partition coefficient (Wildman–Crippen LogP) is 3.43. The number of benzene rings is 1. The van der Waals surface area contributed by atoms with Crippen LogP contribution < -0.4 is 0 Å². The van der Waals surface area contributed by atoms with Crippen LogP contribution in [0.2, 0.25) is 4.82 Å². The molecule has 21 heavy (non-hydrogen) atoms. The van der Waals surface area contributed by atoms with Crippen molar-refractivity contribution in [1.82, 2.24) is 0 Å². The Hall–Kier alpha value is -1.18. The Labute approximate surface area is 131 Å². The van der Waals surface area contributed by atoms with Crippen LogP contribution in [0, 0.1) is 6.57 Å². The van der Waals surface area contributed by atoms with E-state index in [-0.39, 0.29) is 19.6 Å². The zero-order valence-electron chi connectivity index (χ0n) is 12.3. The third-order valence-electron chi connectivity index (χ3n) is 3.87. The van der Waals surface area contributed by atoms with Gasteiger partial charge >= 0.3 is 131 Å². The van der Waals surface area contributed by atoms with E-state index in [1.807, 2.05) is 0 Å². The molecule has 0 saturated heterocycles. The summed E-state index contributed by atoms with van der Waals surface area (Å²) in [5.41, 5.74) is 1.27. The molecule has 1 unspecified atom stereocenters. The Kier molecular flexibility index (Phi) is 5.55. The van der Waals surface area contributed by atoms with Crippen LogP contribution in [-0.2, 0) is 9.47 Å². The SMILES string of the molecule is [C-]#[N+]c1ccc(C(=O)[Se]C2CCCC(OC)(OC)C2)cc1. The topological polar surface area (TPSA) is 39.9 Å². The van der Waals surface area contributed by atoms with Crippen molar-refractivity contribution in [2.75, 3.05) is 14.2 Å². The van der Waals surface area contributed by atoms with Gasteiger partial charge in [0.15, 0.2) is 0 Å². The maximum absolute atomic E-state index is 12.4. The molecule has 112 valence electrons. The molecule has 0 radical (unpaired) electrons. The van der Waals surface area contributed by atoms with Crippen LogP contribution in [0.25, 0.3) is 4.85 Å². The second-order valence-electron chi connectivity index (χ2n) is 5.10. The van der Waals surface area contributed by atoms with E-state index in [1.54, 1.807) is 38.5 Å². The van der Waals surface area contributed by atoms with E-state index in [4.69, 9.17) is 16.0 Å². The van der Waals surface area contributed by atoms with Gasteiger partial charge in [0.25, 0.3) is 0 Å². The minimum atomic E-state index is -0.515. The molecule has 1 fully saturated rings. The summed E-state index contributed by atoms with van der Waals surface area (Å²) in [6.07, 6.45) is 3.75. The molecule has 2 rings (SSSR count). The van der Waals surface area contributed by atoms with Crippen LogP contribution in [0.4, 0.5) is 5.69 Å². The van der Waals surface area contributed by atoms with Gasteiger partial charge in [0.1, 0.15) is 0 Å². The predicted molar refractivity (Wildman–Crippen MR) is 81.8 cm³/mol. The van der Waals surface area contributed by atoms with Gasteiger partial charge in [0.05, 0.1) is 0 Å². The number of hydrogen-bond donors (Lipinski definition) is 0. The van der Waals surface area contributed by atoms with Crippen LogP contribution in [0.15, 0.2) is 24.3 Å². The van der Waals surface area contributed by atoms with Crippen molar-refractivity contribution in [2.45, 2.75) is 36.3 Å². The molecule has 0 amide bonds. The van der Waals surface area contributed by atoms with Crippen LogP contribution in [-0.4, -0.2) is 39.6 Å². The molecular formula is C16H19NO3Se. The molecule has 1 aromatic rings. The van der Waals surface area contributed by atoms with Crippen molar-refractivity contribution < 1.29 is 14.3 Å². The van der Waals surface area contributed by atoms with E-state index >= 15 is 0 Å². The molecule has 1 aliphatic rings. The number of carbonyl (C=O) groups excluding carboxylic acids is 1. The molecule has 0 spiro atoms. The maximum atomic E-state index is 12.4. The first-order valence-corrected chi connectivity index (χ1v) is 8.76. The summed E-state index contributed by atoms with van der Waals surface area (Å²) < 4.78 is 11.2. The first-order valence-electron chi connectivity index (χ1n) is 6.91. The summed E-state index contributed by atoms with van der Waals surface area (Å²) in [6.45, 7) is 6.93. The van der Waals surface area contributed by atoms with Crippen molar-refractivity contribution in [2.24, 2.45) is 0 Å². The van der Waals surface area contributed by atoms with E-state index in [0.717, 1.165) is 25.7 Å². The fourth-order valence-corrected chi connectivity index (χ4v) is 5.11. The van der Waals surface area contributed by atoms with E-state index < -0.39 is 5.79 Å². The molecule has 1 atom stereocenters. The first-order chi connectivity index (χ1) is 10.1. The molecule has 5 heteroatoms. The Morgan fingerprint density at radius 2 is 2.00 bits per heavy atom. The summed E-state index contributed by atoms with van der Waals surface area (Å²) >= 11 is -0.123. The summed E-state index contributed by atoms with van der Waals surface area (Å²) in [7, 11) is 3.34. The minimum absolute atomic E-state index is 0.123. The normalized spacial score (nSPS) is 20.7. The van der Waals surface area contributed by atoms with Gasteiger partial charge in [-0.15, -0.1) is 0 Å². The molecule has 0 N–H and O–H groups in total. The van der Waals surface area contributed by atoms with Crippen molar-refractivity contribution in [3.8, 4) is 0 Å². The molecule has 1 aliphatic carbocycles. The van der Waals surface area contributed by atoms with Gasteiger partial charge in [0, 0.05) is 0 Å². The third kappa shape index (κ3) is 3.93. The summed E-state index contributed by atoms with van der Waals surface area (Å²) in [5.74, 6) is -0.515. The van der Waals surface area contributed by atoms with Gasteiger partial charge in [-0.1, -0.05) is 0 Å². The second kappa shape index (κ2) is 7.19. The third-order valence-corrected chi connectivity index (χ3v) is 6.36. The zero-order valence-corrected chi connectivity index (χ0v) is 14.0. The van der Waals surface area contributed by atoms with Crippen LogP contribution in [0.1, 0.15) is 36.0 Å². The Balaban J connectivity index is 2.00. The molecule has 0 aromatic heterocycles. The number of ether oxygens (including phenoxy) is 2. The number of carbonyl (C=O) groups is 1. The first kappa shape index (κ1) is 16.2. The fourth-order valence-electron chi connectivity index (χ4n) is 2.60. The van der Waals surface area contributed by atoms with Crippen molar-refractivity contribution in [1.29, 1.82) is 0 Å². The van der Waals surface area contributed by atoms with Gasteiger partial charge in [-0.3, -0.25) is 0 Å². The number of methoxy groups -OCH3 is 2. The summed E-state index contributed by atoms with van der Waals surface area (Å²) in [5, 5.41) is 0. The van der Waals surface area contributed by atoms with Gasteiger partial charge in [-0.25, -0.2) is 0 Å². The molecule has 0 bridgehead atoms. The van der Waals surface area contributed by atoms with Crippen molar-refractivity contribution >= 4 is 25.3 Å². The Morgan fingerprint density at radius 1 is 1.33 bits per heavy atom. The van der Waals surface area contributed by atoms with E-state index in [2.05, 4.69) is 4.85 Å². The van der Waals surface area contributed by atoms with Crippen molar-refractivity contribution in [3.63, 3.8) is 0 Å². The molecule has 0 aliphatic heterocycles. The molecule has 4 nitrogen and oxygen atoms in total. The number of rotatable bonds is 5. The number of hydrogen-bond acceptors (Lipinski definition) is 3. The van der Waals surface area contributed by atoms with Crippen LogP contribution >= 0.6 is 0 Å². The van der Waals surface area contributed by atoms with E-state index in [1.165, 1.54) is 0 Å². The van der Waals surface area contributed by atoms with Gasteiger partial charge in [-0.05, 0) is 0 Å². The average Bonchev–Trinajstić information content (AvgIpc) is 2.55. The average molecular weight is 352 g/mol. The Morgan fingerprint density at radius 3 is 2.57 bits per heavy atom. The molecule has 1 aromatic carbocycles. The summed E-state index contributed by atoms with van der Waals surface area (Å²) in [6, 6.07) is 6.90. The zero-order chi connectivity index (χ0) is 15.3. The Bertz CT molecular complexity index is 531. The van der Waals surface area contributed by atoms with E-state index in [0.29, 0.717) is 16.1 Å². The van der Waals surface area contributed by atoms with Gasteiger partial charge in [-0.2, -0.15) is 0 Å². The second-order valence-corrected chi connectivity index (χ2v) is 7.77. The monoisotopic (exact) mass is 353 g/mol. The molecular weight excluding hydrogens is 333 g/mol.